The number of allylic oxidation sites excluding steroid dienone is 1. The van der Waals surface area contributed by atoms with E-state index in [0.717, 1.165) is 6.07 Å². The lowest BCUT2D eigenvalue weighted by Gasteiger charge is -2.47. The number of fused-ring (bicyclic) bond motifs is 3. The lowest BCUT2D eigenvalue weighted by Crippen LogP contribution is -2.63. The van der Waals surface area contributed by atoms with Crippen LogP contribution >= 0.6 is 0 Å². The van der Waals surface area contributed by atoms with Gasteiger partial charge in [0.05, 0.1) is 23.8 Å². The molecule has 192 valence electrons. The number of benzene rings is 1. The van der Waals surface area contributed by atoms with Crippen LogP contribution in [-0.4, -0.2) is 81.0 Å². The van der Waals surface area contributed by atoms with Gasteiger partial charge in [-0.25, -0.2) is 4.39 Å². The number of Topliss-reactive ketones (excluding diaryl/α,β-unsaturated/α-hetero) is 2. The number of hydrogen-bond acceptors (Lipinski definition) is 10. The summed E-state index contributed by atoms with van der Waals surface area (Å²) in [6.07, 6.45) is -0.474. The van der Waals surface area contributed by atoms with Gasteiger partial charge in [-0.3, -0.25) is 19.2 Å². The van der Waals surface area contributed by atoms with Gasteiger partial charge in [0, 0.05) is 23.1 Å². The minimum atomic E-state index is -2.86. The van der Waals surface area contributed by atoms with Crippen LogP contribution in [-0.2, 0) is 20.8 Å². The first-order valence-corrected chi connectivity index (χ1v) is 10.9. The molecule has 4 atom stereocenters. The summed E-state index contributed by atoms with van der Waals surface area (Å²) in [7, 11) is 3.23. The lowest BCUT2D eigenvalue weighted by molar-refractivity contribution is -0.145. The molecular weight excluding hydrogens is 479 g/mol. The zero-order valence-corrected chi connectivity index (χ0v) is 19.3. The summed E-state index contributed by atoms with van der Waals surface area (Å²) in [5.74, 6) is -10.4. The molecule has 4 rings (SSSR count). The Morgan fingerprint density at radius 3 is 2.47 bits per heavy atom. The Morgan fingerprint density at radius 1 is 1.25 bits per heavy atom. The highest BCUT2D eigenvalue weighted by molar-refractivity contribution is 6.25. The van der Waals surface area contributed by atoms with Crippen molar-refractivity contribution < 1.29 is 44.0 Å². The summed E-state index contributed by atoms with van der Waals surface area (Å²) < 4.78 is 15.1. The number of hydrogen-bond donors (Lipinski definition) is 7. The molecule has 1 unspecified atom stereocenters. The maximum atomic E-state index is 15.1. The third-order valence-corrected chi connectivity index (χ3v) is 6.93. The summed E-state index contributed by atoms with van der Waals surface area (Å²) in [5, 5.41) is 45.7. The van der Waals surface area contributed by atoms with Gasteiger partial charge < -0.3 is 42.1 Å². The average Bonchev–Trinajstić information content (AvgIpc) is 2.77. The first kappa shape index (κ1) is 25.3. The molecule has 0 saturated carbocycles. The first-order chi connectivity index (χ1) is 16.7. The summed E-state index contributed by atoms with van der Waals surface area (Å²) >= 11 is 0. The molecule has 0 saturated heterocycles. The van der Waals surface area contributed by atoms with Gasteiger partial charge in [-0.1, -0.05) is 0 Å². The standard InChI is InChI=1S/C23H25FN4O8/c1-28(2)6-12(29)27-11-5-10(24)8-3-7-4-9-16(25)19(32)15(22(26)35)21(34)23(9,36)20(33)13(7)18(31)14(8)17(11)30/h5,7,9,16,30,32-33,36H,3-4,6,25H2,1-2H3,(H2,26,35)(H,27,29)/t7?,9-,16+,23-/m0/s1. The zero-order valence-electron chi connectivity index (χ0n) is 19.3. The molecule has 3 aliphatic carbocycles. The summed E-state index contributed by atoms with van der Waals surface area (Å²) in [6.45, 7) is -0.0978. The Kier molecular flexibility index (Phi) is 5.90. The van der Waals surface area contributed by atoms with Gasteiger partial charge >= 0.3 is 0 Å². The second-order valence-electron chi connectivity index (χ2n) is 9.47. The predicted octanol–water partition coefficient (Wildman–Crippen LogP) is -0.843. The molecule has 0 fully saturated rings. The smallest absolute Gasteiger partial charge is 0.255 e. The Morgan fingerprint density at radius 2 is 1.89 bits per heavy atom. The number of likely N-dealkylation sites (N-methyl/N-ethyl adjacent to an activating group) is 1. The van der Waals surface area contributed by atoms with E-state index in [1.165, 1.54) is 4.90 Å². The van der Waals surface area contributed by atoms with Crippen molar-refractivity contribution in [3.8, 4) is 5.75 Å². The monoisotopic (exact) mass is 504 g/mol. The number of halogens is 1. The molecule has 0 aromatic heterocycles. The molecule has 0 aliphatic heterocycles. The Hall–Kier alpha value is -3.81. The number of phenolic OH excluding ortho intramolecular Hbond substituents is 1. The number of ketones is 2. The first-order valence-electron chi connectivity index (χ1n) is 10.9. The maximum absolute atomic E-state index is 15.1. The van der Waals surface area contributed by atoms with Gasteiger partial charge in [0.25, 0.3) is 5.91 Å². The van der Waals surface area contributed by atoms with Gasteiger partial charge in [-0.15, -0.1) is 0 Å². The third kappa shape index (κ3) is 3.46. The van der Waals surface area contributed by atoms with Crippen molar-refractivity contribution in [2.24, 2.45) is 23.3 Å². The Labute approximate surface area is 203 Å². The Bertz CT molecular complexity index is 1300. The van der Waals surface area contributed by atoms with Crippen LogP contribution in [0.4, 0.5) is 10.1 Å². The van der Waals surface area contributed by atoms with Crippen LogP contribution in [0.15, 0.2) is 28.7 Å². The SMILES string of the molecule is CN(C)CC(=O)Nc1cc(F)c2c(c1O)C(=O)C1=C(O)[C@]3(O)C(=O)C(C(N)=O)=C(O)[C@H](N)[C@@H]3CC1C2. The molecule has 0 heterocycles. The summed E-state index contributed by atoms with van der Waals surface area (Å²) in [4.78, 5) is 51.9. The highest BCUT2D eigenvalue weighted by atomic mass is 19.1. The fourth-order valence-corrected chi connectivity index (χ4v) is 5.31. The van der Waals surface area contributed by atoms with E-state index in [2.05, 4.69) is 5.32 Å². The van der Waals surface area contributed by atoms with E-state index in [1.54, 1.807) is 14.1 Å². The van der Waals surface area contributed by atoms with Crippen molar-refractivity contribution in [2.75, 3.05) is 26.0 Å². The minimum absolute atomic E-state index is 0.0978. The van der Waals surface area contributed by atoms with E-state index in [9.17, 15) is 39.6 Å². The number of aliphatic hydroxyl groups is 3. The van der Waals surface area contributed by atoms with Crippen molar-refractivity contribution in [3.05, 3.63) is 45.7 Å². The van der Waals surface area contributed by atoms with Crippen LogP contribution in [0, 0.1) is 17.7 Å². The fraction of sp³-hybridized carbons (Fsp3) is 0.391. The molecule has 36 heavy (non-hydrogen) atoms. The highest BCUT2D eigenvalue weighted by Crippen LogP contribution is 2.52. The van der Waals surface area contributed by atoms with E-state index in [0.29, 0.717) is 0 Å². The number of nitrogens with zero attached hydrogens (tertiary/aromatic N) is 1. The number of rotatable bonds is 4. The van der Waals surface area contributed by atoms with Crippen LogP contribution in [0.25, 0.3) is 0 Å². The van der Waals surface area contributed by atoms with Gasteiger partial charge in [-0.2, -0.15) is 0 Å². The largest absolute Gasteiger partial charge is 0.510 e. The Balaban J connectivity index is 1.85. The second kappa shape index (κ2) is 8.40. The van der Waals surface area contributed by atoms with Crippen LogP contribution in [0.3, 0.4) is 0 Å². The number of aliphatic hydroxyl groups excluding tert-OH is 2. The summed E-state index contributed by atoms with van der Waals surface area (Å²) in [5.41, 5.74) is 5.68. The number of anilines is 1. The van der Waals surface area contributed by atoms with E-state index in [4.69, 9.17) is 11.5 Å². The number of aromatic hydroxyl groups is 1. The number of phenols is 1. The molecule has 1 aromatic carbocycles. The number of nitrogens with two attached hydrogens (primary N) is 2. The van der Waals surface area contributed by atoms with Crippen molar-refractivity contribution in [1.82, 2.24) is 4.90 Å². The predicted molar refractivity (Wildman–Crippen MR) is 121 cm³/mol. The lowest BCUT2D eigenvalue weighted by atomic mass is 9.59. The number of carbonyl (C=O) groups is 4. The molecule has 3 aliphatic rings. The normalized spacial score (nSPS) is 27.6. The molecule has 2 amide bonds. The van der Waals surface area contributed by atoms with Gasteiger partial charge in [-0.05, 0) is 32.9 Å². The maximum Gasteiger partial charge on any atom is 0.255 e. The van der Waals surface area contributed by atoms with E-state index in [1.807, 2.05) is 0 Å². The zero-order chi connectivity index (χ0) is 26.9. The van der Waals surface area contributed by atoms with Gasteiger partial charge in [0.1, 0.15) is 22.9 Å². The highest BCUT2D eigenvalue weighted by Gasteiger charge is 2.62. The summed E-state index contributed by atoms with van der Waals surface area (Å²) in [6, 6.07) is -0.630. The van der Waals surface area contributed by atoms with Crippen molar-refractivity contribution in [1.29, 1.82) is 0 Å². The van der Waals surface area contributed by atoms with Crippen LogP contribution in [0.1, 0.15) is 22.3 Å². The van der Waals surface area contributed by atoms with Gasteiger partial charge in [0.2, 0.25) is 11.7 Å². The van der Waals surface area contributed by atoms with Crippen LogP contribution in [0.2, 0.25) is 0 Å². The molecule has 13 heteroatoms. The quantitative estimate of drug-likeness (QED) is 0.199. The molecule has 0 spiro atoms. The van der Waals surface area contributed by atoms with E-state index in [-0.39, 0.29) is 30.6 Å². The third-order valence-electron chi connectivity index (χ3n) is 6.93. The average molecular weight is 504 g/mol. The number of nitrogens with one attached hydrogen (secondary N) is 1. The number of amides is 2. The van der Waals surface area contributed by atoms with Crippen molar-refractivity contribution in [2.45, 2.75) is 24.5 Å². The molecule has 0 radical (unpaired) electrons. The van der Waals surface area contributed by atoms with E-state index >= 15 is 4.39 Å². The minimum Gasteiger partial charge on any atom is -0.510 e. The van der Waals surface area contributed by atoms with Crippen molar-refractivity contribution in [3.63, 3.8) is 0 Å². The molecule has 1 aromatic rings. The van der Waals surface area contributed by atoms with E-state index < -0.39 is 86.7 Å². The number of carbonyl (C=O) groups excluding carboxylic acids is 4. The van der Waals surface area contributed by atoms with Gasteiger partial charge in [0.15, 0.2) is 17.1 Å². The molecular formula is C23H25FN4O8. The number of primary amides is 1. The molecule has 9 N–H and O–H groups in total. The topological polar surface area (TPSA) is 217 Å². The van der Waals surface area contributed by atoms with Crippen molar-refractivity contribution >= 4 is 29.1 Å². The van der Waals surface area contributed by atoms with Crippen LogP contribution < -0.4 is 16.8 Å². The molecule has 12 nitrogen and oxygen atoms in total. The molecule has 0 bridgehead atoms. The second-order valence-corrected chi connectivity index (χ2v) is 9.47. The fourth-order valence-electron chi connectivity index (χ4n) is 5.31. The van der Waals surface area contributed by atoms with Crippen LogP contribution in [0.5, 0.6) is 5.75 Å².